The van der Waals surface area contributed by atoms with E-state index in [0.717, 1.165) is 0 Å². The van der Waals surface area contributed by atoms with E-state index < -0.39 is 0 Å². The molecule has 0 aromatic heterocycles. The van der Waals surface area contributed by atoms with Crippen LogP contribution in [-0.4, -0.2) is 0 Å². The minimum atomic E-state index is 1.23. The van der Waals surface area contributed by atoms with Crippen LogP contribution in [0.25, 0.3) is 77.5 Å². The second-order valence-electron chi connectivity index (χ2n) is 10.4. The molecule has 0 saturated carbocycles. The Morgan fingerprint density at radius 2 is 0.575 bits per heavy atom. The van der Waals surface area contributed by atoms with Gasteiger partial charge >= 0.3 is 0 Å². The van der Waals surface area contributed by atoms with Crippen LogP contribution < -0.4 is 0 Å². The number of hydrogen-bond donors (Lipinski definition) is 0. The maximum absolute atomic E-state index is 2.34. The van der Waals surface area contributed by atoms with Gasteiger partial charge in [0.2, 0.25) is 0 Å². The van der Waals surface area contributed by atoms with Gasteiger partial charge in [-0.1, -0.05) is 158 Å². The standard InChI is InChI=1S/C40H26/c1-5-15-27(16-6-1)31-25-26-34-32-23-13-14-24-33(32)39-37(30-21-11-4-12-22-30)35(28-17-7-2-8-18-28)36(38(31)40(34)39)29-19-9-3-10-20-29/h1-26H. The lowest BCUT2D eigenvalue weighted by Crippen LogP contribution is -1.97. The van der Waals surface area contributed by atoms with Crippen LogP contribution in [0.2, 0.25) is 0 Å². The SMILES string of the molecule is c1ccc(-c2c(-c3ccccc3)c3c4c(ccc(-c5ccccc5)c4c2-c2ccccc2)-c2ccccc2-3)cc1. The molecule has 0 N–H and O–H groups in total. The van der Waals surface area contributed by atoms with E-state index in [2.05, 4.69) is 158 Å². The second kappa shape index (κ2) is 9.22. The van der Waals surface area contributed by atoms with E-state index in [-0.39, 0.29) is 0 Å². The molecule has 0 nitrogen and oxygen atoms in total. The Bertz CT molecular complexity index is 2000. The van der Waals surface area contributed by atoms with Crippen LogP contribution in [0.3, 0.4) is 0 Å². The van der Waals surface area contributed by atoms with Crippen LogP contribution in [0.4, 0.5) is 0 Å². The van der Waals surface area contributed by atoms with Crippen LogP contribution in [0.1, 0.15) is 0 Å². The summed E-state index contributed by atoms with van der Waals surface area (Å²) < 4.78 is 0. The molecular weight excluding hydrogens is 480 g/mol. The quantitative estimate of drug-likeness (QED) is 0.223. The van der Waals surface area contributed by atoms with Crippen molar-refractivity contribution in [2.75, 3.05) is 0 Å². The van der Waals surface area contributed by atoms with Gasteiger partial charge < -0.3 is 0 Å². The number of rotatable bonds is 4. The predicted molar refractivity (Wildman–Crippen MR) is 170 cm³/mol. The molecule has 186 valence electrons. The lowest BCUT2D eigenvalue weighted by atomic mass is 9.78. The summed E-state index contributed by atoms with van der Waals surface area (Å²) in [5.41, 5.74) is 15.3. The molecule has 40 heavy (non-hydrogen) atoms. The smallest absolute Gasteiger partial charge is 0.000719 e. The Hall–Kier alpha value is -5.20. The van der Waals surface area contributed by atoms with Crippen molar-refractivity contribution in [3.8, 4) is 66.8 Å². The molecule has 0 heterocycles. The fourth-order valence-corrected chi connectivity index (χ4v) is 6.59. The zero-order chi connectivity index (χ0) is 26.5. The van der Waals surface area contributed by atoms with E-state index >= 15 is 0 Å². The van der Waals surface area contributed by atoms with Crippen molar-refractivity contribution in [1.29, 1.82) is 0 Å². The summed E-state index contributed by atoms with van der Waals surface area (Å²) in [6.45, 7) is 0. The lowest BCUT2D eigenvalue weighted by Gasteiger charge is -2.24. The zero-order valence-corrected chi connectivity index (χ0v) is 22.0. The first-order valence-electron chi connectivity index (χ1n) is 13.9. The molecule has 7 aromatic rings. The highest BCUT2D eigenvalue weighted by Gasteiger charge is 2.31. The van der Waals surface area contributed by atoms with Crippen molar-refractivity contribution < 1.29 is 0 Å². The number of benzene rings is 7. The average Bonchev–Trinajstić information content (AvgIpc) is 3.38. The van der Waals surface area contributed by atoms with Gasteiger partial charge in [0, 0.05) is 0 Å². The van der Waals surface area contributed by atoms with Crippen LogP contribution in [0.15, 0.2) is 158 Å². The summed E-state index contributed by atoms with van der Waals surface area (Å²) in [5.74, 6) is 0. The van der Waals surface area contributed by atoms with Crippen LogP contribution in [0, 0.1) is 0 Å². The van der Waals surface area contributed by atoms with Crippen molar-refractivity contribution in [2.45, 2.75) is 0 Å². The fraction of sp³-hybridized carbons (Fsp3) is 0. The Balaban J connectivity index is 1.69. The molecule has 0 heteroatoms. The van der Waals surface area contributed by atoms with Crippen molar-refractivity contribution >= 4 is 10.8 Å². The minimum Gasteiger partial charge on any atom is -0.0622 e. The molecule has 0 amide bonds. The third kappa shape index (κ3) is 3.40. The highest BCUT2D eigenvalue weighted by atomic mass is 14.3. The highest BCUT2D eigenvalue weighted by Crippen LogP contribution is 2.59. The van der Waals surface area contributed by atoms with Crippen LogP contribution >= 0.6 is 0 Å². The van der Waals surface area contributed by atoms with E-state index in [4.69, 9.17) is 0 Å². The van der Waals surface area contributed by atoms with Crippen molar-refractivity contribution in [3.05, 3.63) is 158 Å². The zero-order valence-electron chi connectivity index (χ0n) is 22.0. The third-order valence-electron chi connectivity index (χ3n) is 8.21. The summed E-state index contributed by atoms with van der Waals surface area (Å²) in [4.78, 5) is 0. The Morgan fingerprint density at radius 3 is 1.12 bits per heavy atom. The van der Waals surface area contributed by atoms with E-state index in [0.29, 0.717) is 0 Å². The molecule has 0 saturated heterocycles. The molecule has 0 radical (unpaired) electrons. The molecule has 0 fully saturated rings. The second-order valence-corrected chi connectivity index (χ2v) is 10.4. The lowest BCUT2D eigenvalue weighted by molar-refractivity contribution is 1.58. The van der Waals surface area contributed by atoms with Gasteiger partial charge in [0.15, 0.2) is 0 Å². The molecule has 0 bridgehead atoms. The van der Waals surface area contributed by atoms with Crippen LogP contribution in [0.5, 0.6) is 0 Å². The summed E-state index contributed by atoms with van der Waals surface area (Å²) in [6, 6.07) is 57.3. The van der Waals surface area contributed by atoms with Gasteiger partial charge in [-0.2, -0.15) is 0 Å². The molecule has 1 aliphatic rings. The number of fused-ring (bicyclic) bond motifs is 3. The molecule has 7 aromatic carbocycles. The van der Waals surface area contributed by atoms with E-state index in [1.807, 2.05) is 0 Å². The maximum atomic E-state index is 2.34. The minimum absolute atomic E-state index is 1.23. The van der Waals surface area contributed by atoms with Gasteiger partial charge in [-0.3, -0.25) is 0 Å². The number of hydrogen-bond acceptors (Lipinski definition) is 0. The van der Waals surface area contributed by atoms with Crippen LogP contribution in [-0.2, 0) is 0 Å². The summed E-state index contributed by atoms with van der Waals surface area (Å²) >= 11 is 0. The summed E-state index contributed by atoms with van der Waals surface area (Å²) in [6.07, 6.45) is 0. The molecule has 0 aliphatic heterocycles. The molecule has 0 atom stereocenters. The van der Waals surface area contributed by atoms with Gasteiger partial charge in [-0.05, 0) is 77.5 Å². The predicted octanol–water partition coefficient (Wildman–Crippen LogP) is 11.2. The van der Waals surface area contributed by atoms with Crippen molar-refractivity contribution in [3.63, 3.8) is 0 Å². The van der Waals surface area contributed by atoms with Gasteiger partial charge in [-0.25, -0.2) is 0 Å². The first-order chi connectivity index (χ1) is 19.9. The molecular formula is C40H26. The maximum Gasteiger partial charge on any atom is -0.000719 e. The summed E-state index contributed by atoms with van der Waals surface area (Å²) in [7, 11) is 0. The van der Waals surface area contributed by atoms with Crippen molar-refractivity contribution in [1.82, 2.24) is 0 Å². The topological polar surface area (TPSA) is 0 Å². The molecule has 8 rings (SSSR count). The van der Waals surface area contributed by atoms with E-state index in [9.17, 15) is 0 Å². The highest BCUT2D eigenvalue weighted by molar-refractivity contribution is 6.29. The van der Waals surface area contributed by atoms with Gasteiger partial charge in [0.25, 0.3) is 0 Å². The Kier molecular flexibility index (Phi) is 5.24. The van der Waals surface area contributed by atoms with Crippen molar-refractivity contribution in [2.24, 2.45) is 0 Å². The largest absolute Gasteiger partial charge is 0.0622 e. The Labute approximate surface area is 234 Å². The monoisotopic (exact) mass is 506 g/mol. The molecule has 0 spiro atoms. The van der Waals surface area contributed by atoms with E-state index in [1.165, 1.54) is 77.5 Å². The Morgan fingerprint density at radius 1 is 0.200 bits per heavy atom. The first-order valence-corrected chi connectivity index (χ1v) is 13.9. The fourth-order valence-electron chi connectivity index (χ4n) is 6.59. The molecule has 1 aliphatic carbocycles. The van der Waals surface area contributed by atoms with Gasteiger partial charge in [-0.15, -0.1) is 0 Å². The first kappa shape index (κ1) is 22.8. The third-order valence-corrected chi connectivity index (χ3v) is 8.21. The van der Waals surface area contributed by atoms with E-state index in [1.54, 1.807) is 0 Å². The molecule has 0 unspecified atom stereocenters. The average molecular weight is 507 g/mol. The summed E-state index contributed by atoms with van der Waals surface area (Å²) in [5, 5.41) is 2.67. The normalized spacial score (nSPS) is 11.5. The van der Waals surface area contributed by atoms with Gasteiger partial charge in [0.1, 0.15) is 0 Å². The van der Waals surface area contributed by atoms with Gasteiger partial charge in [0.05, 0.1) is 0 Å².